The lowest BCUT2D eigenvalue weighted by Gasteiger charge is -2.03. The molecule has 2 heterocycles. The Morgan fingerprint density at radius 1 is 1.25 bits per heavy atom. The zero-order valence-corrected chi connectivity index (χ0v) is 15.1. The summed E-state index contributed by atoms with van der Waals surface area (Å²) in [6.45, 7) is 3.98. The van der Waals surface area contributed by atoms with E-state index in [-0.39, 0.29) is 11.7 Å². The van der Waals surface area contributed by atoms with E-state index >= 15 is 0 Å². The number of carbonyl (C=O) groups is 1. The van der Waals surface area contributed by atoms with E-state index in [4.69, 9.17) is 0 Å². The molecule has 0 saturated carbocycles. The fraction of sp³-hybridized carbons (Fsp3) is 0.250. The van der Waals surface area contributed by atoms with Crippen LogP contribution in [-0.4, -0.2) is 38.8 Å². The topological polar surface area (TPSA) is 69.9 Å². The number of hydrogen-bond donors (Lipinski definition) is 0. The minimum atomic E-state index is -0.277. The van der Waals surface area contributed by atoms with Crippen LogP contribution in [0.3, 0.4) is 0 Å². The number of benzene rings is 1. The summed E-state index contributed by atoms with van der Waals surface area (Å²) in [6, 6.07) is 9.98. The first kappa shape index (κ1) is 16.7. The van der Waals surface area contributed by atoms with Gasteiger partial charge < -0.3 is 4.74 Å². The average molecular weight is 360 g/mol. The Bertz CT molecular complexity index is 858. The van der Waals surface area contributed by atoms with Gasteiger partial charge in [0, 0.05) is 0 Å². The molecule has 8 heteroatoms. The first-order valence-electron chi connectivity index (χ1n) is 7.25. The van der Waals surface area contributed by atoms with E-state index in [9.17, 15) is 4.79 Å². The molecule has 0 aliphatic carbocycles. The van der Waals surface area contributed by atoms with Gasteiger partial charge in [-0.1, -0.05) is 41.3 Å². The lowest BCUT2D eigenvalue weighted by molar-refractivity contribution is -0.137. The monoisotopic (exact) mass is 360 g/mol. The first-order chi connectivity index (χ1) is 11.6. The smallest absolute Gasteiger partial charge is 0.316 e. The van der Waals surface area contributed by atoms with Crippen LogP contribution in [0.5, 0.6) is 0 Å². The van der Waals surface area contributed by atoms with Crippen molar-refractivity contribution in [2.24, 2.45) is 0 Å². The number of rotatable bonds is 5. The fourth-order valence-electron chi connectivity index (χ4n) is 2.32. The number of nitrogens with zero attached hydrogens (tertiary/aromatic N) is 4. The van der Waals surface area contributed by atoms with E-state index in [1.54, 1.807) is 0 Å². The third-order valence-electron chi connectivity index (χ3n) is 3.45. The van der Waals surface area contributed by atoms with E-state index in [0.717, 1.165) is 32.0 Å². The van der Waals surface area contributed by atoms with Crippen LogP contribution in [0.25, 0.3) is 16.3 Å². The highest BCUT2D eigenvalue weighted by molar-refractivity contribution is 8.01. The molecular formula is C16H16N4O2S2. The number of ether oxygens (including phenoxy) is 1. The van der Waals surface area contributed by atoms with Crippen molar-refractivity contribution in [3.63, 3.8) is 0 Å². The summed E-state index contributed by atoms with van der Waals surface area (Å²) in [6.07, 6.45) is 0. The lowest BCUT2D eigenvalue weighted by Crippen LogP contribution is -2.02. The van der Waals surface area contributed by atoms with Gasteiger partial charge in [-0.25, -0.2) is 4.68 Å². The minimum Gasteiger partial charge on any atom is -0.468 e. The van der Waals surface area contributed by atoms with Crippen molar-refractivity contribution in [3.8, 4) is 16.3 Å². The molecule has 0 N–H and O–H groups in total. The van der Waals surface area contributed by atoms with Gasteiger partial charge in [0.15, 0.2) is 9.35 Å². The number of carbonyl (C=O) groups excluding carboxylic acids is 1. The second kappa shape index (κ2) is 7.14. The molecule has 6 nitrogen and oxygen atoms in total. The SMILES string of the molecule is COC(=O)CSc1nnc(-c2c(C)nn(-c3ccccc3)c2C)s1. The van der Waals surface area contributed by atoms with Crippen molar-refractivity contribution in [2.75, 3.05) is 12.9 Å². The molecule has 0 aliphatic heterocycles. The molecule has 3 aromatic rings. The van der Waals surface area contributed by atoms with Crippen LogP contribution < -0.4 is 0 Å². The molecule has 3 rings (SSSR count). The Labute approximate surface area is 147 Å². The Balaban J connectivity index is 1.89. The zero-order valence-electron chi connectivity index (χ0n) is 13.5. The highest BCUT2D eigenvalue weighted by Crippen LogP contribution is 2.34. The van der Waals surface area contributed by atoms with E-state index < -0.39 is 0 Å². The molecule has 24 heavy (non-hydrogen) atoms. The molecule has 2 aromatic heterocycles. The largest absolute Gasteiger partial charge is 0.468 e. The lowest BCUT2D eigenvalue weighted by atomic mass is 10.2. The van der Waals surface area contributed by atoms with E-state index in [0.29, 0.717) is 0 Å². The van der Waals surface area contributed by atoms with Crippen molar-refractivity contribution < 1.29 is 9.53 Å². The first-order valence-corrected chi connectivity index (χ1v) is 9.05. The van der Waals surface area contributed by atoms with Crippen LogP contribution in [0.4, 0.5) is 0 Å². The summed E-state index contributed by atoms with van der Waals surface area (Å²) in [7, 11) is 1.37. The summed E-state index contributed by atoms with van der Waals surface area (Å²) in [5.41, 5.74) is 3.91. The number of aryl methyl sites for hydroxylation is 1. The van der Waals surface area contributed by atoms with Crippen LogP contribution in [-0.2, 0) is 9.53 Å². The van der Waals surface area contributed by atoms with E-state index in [2.05, 4.69) is 20.0 Å². The van der Waals surface area contributed by atoms with Gasteiger partial charge in [0.25, 0.3) is 0 Å². The molecule has 0 amide bonds. The molecular weight excluding hydrogens is 344 g/mol. The molecule has 0 fully saturated rings. The van der Waals surface area contributed by atoms with Crippen LogP contribution >= 0.6 is 23.1 Å². The number of hydrogen-bond acceptors (Lipinski definition) is 7. The molecule has 0 spiro atoms. The van der Waals surface area contributed by atoms with Gasteiger partial charge in [0.1, 0.15) is 0 Å². The molecule has 0 aliphatic rings. The number of para-hydroxylation sites is 1. The number of methoxy groups -OCH3 is 1. The zero-order chi connectivity index (χ0) is 17.1. The van der Waals surface area contributed by atoms with Gasteiger partial charge in [-0.15, -0.1) is 10.2 Å². The van der Waals surface area contributed by atoms with Crippen molar-refractivity contribution in [2.45, 2.75) is 18.2 Å². The van der Waals surface area contributed by atoms with E-state index in [1.807, 2.05) is 48.9 Å². The van der Waals surface area contributed by atoms with Crippen molar-refractivity contribution in [3.05, 3.63) is 41.7 Å². The second-order valence-electron chi connectivity index (χ2n) is 5.03. The standard InChI is InChI=1S/C16H16N4O2S2/c1-10-14(11(2)20(19-10)12-7-5-4-6-8-12)15-17-18-16(24-15)23-9-13(21)22-3/h4-8H,9H2,1-3H3. The number of thioether (sulfide) groups is 1. The van der Waals surface area contributed by atoms with Gasteiger partial charge in [0.05, 0.1) is 35.5 Å². The summed E-state index contributed by atoms with van der Waals surface area (Å²) >= 11 is 2.78. The van der Waals surface area contributed by atoms with Crippen LogP contribution in [0.2, 0.25) is 0 Å². The van der Waals surface area contributed by atoms with Gasteiger partial charge in [-0.3, -0.25) is 4.79 Å². The third-order valence-corrected chi connectivity index (χ3v) is 5.50. The van der Waals surface area contributed by atoms with Gasteiger partial charge in [-0.05, 0) is 26.0 Å². The quantitative estimate of drug-likeness (QED) is 0.514. The summed E-state index contributed by atoms with van der Waals surface area (Å²) < 4.78 is 7.28. The molecule has 0 bridgehead atoms. The molecule has 0 radical (unpaired) electrons. The Morgan fingerprint density at radius 3 is 2.71 bits per heavy atom. The normalized spacial score (nSPS) is 10.8. The maximum absolute atomic E-state index is 11.2. The van der Waals surface area contributed by atoms with Crippen LogP contribution in [0, 0.1) is 13.8 Å². The Morgan fingerprint density at radius 2 is 2.00 bits per heavy atom. The predicted octanol–water partition coefficient (Wildman–Crippen LogP) is 3.27. The highest BCUT2D eigenvalue weighted by Gasteiger charge is 2.19. The van der Waals surface area contributed by atoms with Crippen molar-refractivity contribution in [1.29, 1.82) is 0 Å². The van der Waals surface area contributed by atoms with Crippen LogP contribution in [0.1, 0.15) is 11.4 Å². The summed E-state index contributed by atoms with van der Waals surface area (Å²) in [4.78, 5) is 11.2. The number of aromatic nitrogens is 4. The highest BCUT2D eigenvalue weighted by atomic mass is 32.2. The van der Waals surface area contributed by atoms with Crippen LogP contribution in [0.15, 0.2) is 34.7 Å². The number of esters is 1. The fourth-order valence-corrected chi connectivity index (χ4v) is 4.15. The third kappa shape index (κ3) is 3.34. The molecule has 0 saturated heterocycles. The summed E-state index contributed by atoms with van der Waals surface area (Å²) in [5, 5.41) is 13.8. The van der Waals surface area contributed by atoms with Gasteiger partial charge >= 0.3 is 5.97 Å². The molecule has 1 aromatic carbocycles. The predicted molar refractivity (Wildman–Crippen MR) is 94.7 cm³/mol. The Hall–Kier alpha value is -2.19. The molecule has 0 atom stereocenters. The molecule has 124 valence electrons. The maximum atomic E-state index is 11.2. The van der Waals surface area contributed by atoms with Crippen molar-refractivity contribution in [1.82, 2.24) is 20.0 Å². The minimum absolute atomic E-state index is 0.229. The van der Waals surface area contributed by atoms with E-state index in [1.165, 1.54) is 30.2 Å². The molecule has 0 unspecified atom stereocenters. The van der Waals surface area contributed by atoms with Gasteiger partial charge in [0.2, 0.25) is 0 Å². The second-order valence-corrected chi connectivity index (χ2v) is 7.23. The average Bonchev–Trinajstić information content (AvgIpc) is 3.17. The maximum Gasteiger partial charge on any atom is 0.316 e. The van der Waals surface area contributed by atoms with Gasteiger partial charge in [-0.2, -0.15) is 5.10 Å². The summed E-state index contributed by atoms with van der Waals surface area (Å²) in [5.74, 6) is -0.0483. The Kier molecular flexibility index (Phi) is 4.96. The van der Waals surface area contributed by atoms with Crippen molar-refractivity contribution >= 4 is 29.1 Å².